The average Bonchev–Trinajstić information content (AvgIpc) is 3.02. The average molecular weight is 430 g/mol. The van der Waals surface area contributed by atoms with Gasteiger partial charge in [0.2, 0.25) is 0 Å². The maximum Gasteiger partial charge on any atom is 0.193 e. The number of furan rings is 1. The van der Waals surface area contributed by atoms with Crippen LogP contribution in [0, 0.1) is 0 Å². The van der Waals surface area contributed by atoms with Crippen molar-refractivity contribution in [3.8, 4) is 5.75 Å². The Morgan fingerprint density at radius 3 is 2.52 bits per heavy atom. The molecule has 0 aliphatic carbocycles. The number of rotatable bonds is 6. The first-order valence-electron chi connectivity index (χ1n) is 7.01. The van der Waals surface area contributed by atoms with Crippen molar-refractivity contribution in [2.75, 3.05) is 33.1 Å². The van der Waals surface area contributed by atoms with Gasteiger partial charge in [-0.2, -0.15) is 0 Å². The summed E-state index contributed by atoms with van der Waals surface area (Å²) in [5.41, 5.74) is 6.80. The van der Waals surface area contributed by atoms with Crippen molar-refractivity contribution in [2.24, 2.45) is 10.7 Å². The normalized spacial score (nSPS) is 12.6. The number of anilines is 1. The minimum absolute atomic E-state index is 0. The number of nitrogens with zero attached hydrogens (tertiary/aromatic N) is 2. The topological polar surface area (TPSA) is 76.0 Å². The molecule has 0 spiro atoms. The van der Waals surface area contributed by atoms with Crippen molar-refractivity contribution >= 4 is 35.6 Å². The molecule has 23 heavy (non-hydrogen) atoms. The van der Waals surface area contributed by atoms with E-state index in [4.69, 9.17) is 14.9 Å². The van der Waals surface area contributed by atoms with Crippen molar-refractivity contribution < 1.29 is 9.15 Å². The lowest BCUT2D eigenvalue weighted by atomic mass is 10.2. The summed E-state index contributed by atoms with van der Waals surface area (Å²) in [5.74, 6) is 2.03. The predicted octanol–water partition coefficient (Wildman–Crippen LogP) is 2.94. The molecule has 1 heterocycles. The number of nitrogens with two attached hydrogens (primary N) is 1. The Morgan fingerprint density at radius 2 is 2.00 bits per heavy atom. The second kappa shape index (κ2) is 9.41. The quantitative estimate of drug-likeness (QED) is 0.419. The van der Waals surface area contributed by atoms with Crippen molar-refractivity contribution in [1.29, 1.82) is 0 Å². The van der Waals surface area contributed by atoms with Gasteiger partial charge in [-0.15, -0.1) is 24.0 Å². The lowest BCUT2D eigenvalue weighted by Crippen LogP contribution is -2.27. The van der Waals surface area contributed by atoms with Gasteiger partial charge in [0.05, 0.1) is 26.0 Å². The lowest BCUT2D eigenvalue weighted by Gasteiger charge is -2.20. The van der Waals surface area contributed by atoms with E-state index in [2.05, 4.69) is 10.3 Å². The molecule has 0 saturated heterocycles. The summed E-state index contributed by atoms with van der Waals surface area (Å²) in [4.78, 5) is 6.43. The molecule has 1 atom stereocenters. The Hall–Kier alpha value is -1.74. The number of hydrogen-bond donors (Lipinski definition) is 2. The molecule has 0 amide bonds. The smallest absolute Gasteiger partial charge is 0.193 e. The van der Waals surface area contributed by atoms with Gasteiger partial charge in [-0.05, 0) is 50.5 Å². The highest BCUT2D eigenvalue weighted by molar-refractivity contribution is 14.0. The molecule has 1 aromatic heterocycles. The van der Waals surface area contributed by atoms with E-state index in [0.29, 0.717) is 12.5 Å². The molecule has 0 aliphatic heterocycles. The van der Waals surface area contributed by atoms with Crippen molar-refractivity contribution in [1.82, 2.24) is 4.90 Å². The highest BCUT2D eigenvalue weighted by Gasteiger charge is 2.16. The van der Waals surface area contributed by atoms with Gasteiger partial charge in [-0.3, -0.25) is 9.89 Å². The number of benzene rings is 1. The zero-order valence-electron chi connectivity index (χ0n) is 13.5. The van der Waals surface area contributed by atoms with Crippen LogP contribution in [0.4, 0.5) is 5.69 Å². The molecule has 7 heteroatoms. The minimum atomic E-state index is 0. The van der Waals surface area contributed by atoms with Crippen molar-refractivity contribution in [3.05, 3.63) is 48.4 Å². The maximum atomic E-state index is 5.94. The first kappa shape index (κ1) is 19.3. The second-order valence-electron chi connectivity index (χ2n) is 5.07. The van der Waals surface area contributed by atoms with Crippen LogP contribution in [0.2, 0.25) is 0 Å². The molecule has 3 N–H and O–H groups in total. The zero-order chi connectivity index (χ0) is 15.9. The van der Waals surface area contributed by atoms with Crippen LogP contribution in [-0.4, -0.2) is 38.6 Å². The molecule has 1 aromatic carbocycles. The summed E-state index contributed by atoms with van der Waals surface area (Å²) in [5, 5.41) is 3.06. The number of nitrogens with one attached hydrogen (secondary N) is 1. The molecular formula is C16H23IN4O2. The van der Waals surface area contributed by atoms with Crippen LogP contribution in [-0.2, 0) is 0 Å². The highest BCUT2D eigenvalue weighted by atomic mass is 127. The van der Waals surface area contributed by atoms with E-state index in [9.17, 15) is 0 Å². The third-order valence-electron chi connectivity index (χ3n) is 3.29. The van der Waals surface area contributed by atoms with Crippen LogP contribution in [0.25, 0.3) is 0 Å². The Bertz CT molecular complexity index is 597. The van der Waals surface area contributed by atoms with Gasteiger partial charge in [-0.25, -0.2) is 0 Å². The summed E-state index contributed by atoms with van der Waals surface area (Å²) in [7, 11) is 5.60. The van der Waals surface area contributed by atoms with Crippen LogP contribution in [0.5, 0.6) is 5.75 Å². The fraction of sp³-hybridized carbons (Fsp3) is 0.312. The number of halogens is 1. The van der Waals surface area contributed by atoms with E-state index >= 15 is 0 Å². The summed E-state index contributed by atoms with van der Waals surface area (Å²) in [6, 6.07) is 11.4. The molecule has 0 saturated carbocycles. The molecule has 2 aromatic rings. The number of likely N-dealkylation sites (N-methyl/N-ethyl adjacent to an activating group) is 1. The number of ether oxygens (including phenoxy) is 1. The Morgan fingerprint density at radius 1 is 1.30 bits per heavy atom. The van der Waals surface area contributed by atoms with E-state index in [1.54, 1.807) is 13.4 Å². The van der Waals surface area contributed by atoms with Crippen LogP contribution in [0.3, 0.4) is 0 Å². The number of aliphatic imine (C=N–C) groups is 1. The standard InChI is InChI=1S/C16H22N4O2.HI/c1-20(2)14(15-5-4-10-22-15)11-18-16(17)19-12-6-8-13(21-3)9-7-12;/h4-10,14H,11H2,1-3H3,(H3,17,18,19);1H. The Labute approximate surface area is 153 Å². The van der Waals surface area contributed by atoms with Crippen LogP contribution < -0.4 is 15.8 Å². The molecule has 126 valence electrons. The molecule has 0 bridgehead atoms. The largest absolute Gasteiger partial charge is 0.497 e. The monoisotopic (exact) mass is 430 g/mol. The molecular weight excluding hydrogens is 407 g/mol. The van der Waals surface area contributed by atoms with Crippen molar-refractivity contribution in [2.45, 2.75) is 6.04 Å². The number of hydrogen-bond acceptors (Lipinski definition) is 4. The third kappa shape index (κ3) is 5.76. The Kier molecular flexibility index (Phi) is 7.90. The maximum absolute atomic E-state index is 5.94. The summed E-state index contributed by atoms with van der Waals surface area (Å²) < 4.78 is 10.6. The molecule has 0 fully saturated rings. The number of guanidine groups is 1. The molecule has 0 radical (unpaired) electrons. The minimum Gasteiger partial charge on any atom is -0.497 e. The van der Waals surface area contributed by atoms with Gasteiger partial charge >= 0.3 is 0 Å². The lowest BCUT2D eigenvalue weighted by molar-refractivity contribution is 0.265. The molecule has 0 aliphatic rings. The van der Waals surface area contributed by atoms with Crippen LogP contribution in [0.15, 0.2) is 52.1 Å². The first-order valence-corrected chi connectivity index (χ1v) is 7.01. The van der Waals surface area contributed by atoms with E-state index in [0.717, 1.165) is 17.2 Å². The molecule has 1 unspecified atom stereocenters. The van der Waals surface area contributed by atoms with Gasteiger partial charge < -0.3 is 20.2 Å². The van der Waals surface area contributed by atoms with E-state index in [-0.39, 0.29) is 30.0 Å². The van der Waals surface area contributed by atoms with Crippen molar-refractivity contribution in [3.63, 3.8) is 0 Å². The Balaban J connectivity index is 0.00000264. The molecule has 2 rings (SSSR count). The highest BCUT2D eigenvalue weighted by Crippen LogP contribution is 2.19. The van der Waals surface area contributed by atoms with Gasteiger partial charge in [-0.1, -0.05) is 0 Å². The van der Waals surface area contributed by atoms with E-state index in [1.807, 2.05) is 55.4 Å². The van der Waals surface area contributed by atoms with Gasteiger partial charge in [0.1, 0.15) is 11.5 Å². The van der Waals surface area contributed by atoms with E-state index < -0.39 is 0 Å². The third-order valence-corrected chi connectivity index (χ3v) is 3.29. The summed E-state index contributed by atoms with van der Waals surface area (Å²) in [6.45, 7) is 0.509. The second-order valence-corrected chi connectivity index (χ2v) is 5.07. The number of methoxy groups -OCH3 is 1. The predicted molar refractivity (Wildman–Crippen MR) is 104 cm³/mol. The van der Waals surface area contributed by atoms with E-state index in [1.165, 1.54) is 0 Å². The SMILES string of the molecule is COc1ccc(NC(N)=NCC(c2ccco2)N(C)C)cc1.I. The van der Waals surface area contributed by atoms with Gasteiger partial charge in [0, 0.05) is 5.69 Å². The fourth-order valence-corrected chi connectivity index (χ4v) is 2.04. The molecule has 6 nitrogen and oxygen atoms in total. The summed E-state index contributed by atoms with van der Waals surface area (Å²) >= 11 is 0. The summed E-state index contributed by atoms with van der Waals surface area (Å²) in [6.07, 6.45) is 1.66. The zero-order valence-corrected chi connectivity index (χ0v) is 15.9. The van der Waals surface area contributed by atoms with Crippen LogP contribution in [0.1, 0.15) is 11.8 Å². The first-order chi connectivity index (χ1) is 10.6. The van der Waals surface area contributed by atoms with Gasteiger partial charge in [0.15, 0.2) is 5.96 Å². The van der Waals surface area contributed by atoms with Crippen LogP contribution >= 0.6 is 24.0 Å². The van der Waals surface area contributed by atoms with Gasteiger partial charge in [0.25, 0.3) is 0 Å². The fourth-order valence-electron chi connectivity index (χ4n) is 2.04.